The van der Waals surface area contributed by atoms with Crippen molar-refractivity contribution < 1.29 is 32.3 Å². The molecule has 1 unspecified atom stereocenters. The maximum Gasteiger partial charge on any atom is 0.416 e. The van der Waals surface area contributed by atoms with Gasteiger partial charge in [0.25, 0.3) is 5.91 Å². The average molecular weight is 574 g/mol. The topological polar surface area (TPSA) is 87.7 Å². The first-order valence-electron chi connectivity index (χ1n) is 13.0. The fourth-order valence-corrected chi connectivity index (χ4v) is 4.88. The third-order valence-corrected chi connectivity index (χ3v) is 6.98. The van der Waals surface area contributed by atoms with Crippen molar-refractivity contribution in [2.24, 2.45) is 0 Å². The Bertz CT molecular complexity index is 1620. The second-order valence-corrected chi connectivity index (χ2v) is 9.77. The van der Waals surface area contributed by atoms with Crippen LogP contribution in [0.5, 0.6) is 0 Å². The highest BCUT2D eigenvalue weighted by Crippen LogP contribution is 2.32. The van der Waals surface area contributed by atoms with Gasteiger partial charge in [-0.1, -0.05) is 54.6 Å². The Morgan fingerprint density at radius 1 is 0.857 bits per heavy atom. The predicted octanol–water partition coefficient (Wildman–Crippen LogP) is 6.76. The third-order valence-electron chi connectivity index (χ3n) is 6.98. The van der Waals surface area contributed by atoms with Crippen LogP contribution in [0.4, 0.5) is 29.3 Å². The Hall–Kier alpha value is -5.12. The molecular weight excluding hydrogens is 547 g/mol. The van der Waals surface area contributed by atoms with Crippen LogP contribution in [0, 0.1) is 0 Å². The second kappa shape index (κ2) is 11.8. The number of methoxy groups -OCH3 is 1. The van der Waals surface area contributed by atoms with E-state index in [1.807, 2.05) is 42.5 Å². The van der Waals surface area contributed by atoms with E-state index >= 15 is 0 Å². The first-order valence-corrected chi connectivity index (χ1v) is 13.0. The zero-order valence-corrected chi connectivity index (χ0v) is 22.4. The van der Waals surface area contributed by atoms with Gasteiger partial charge in [0.05, 0.1) is 12.7 Å². The van der Waals surface area contributed by atoms with E-state index in [0.29, 0.717) is 17.7 Å². The summed E-state index contributed by atoms with van der Waals surface area (Å²) in [5, 5.41) is 5.01. The number of nitrogens with one attached hydrogen (secondary N) is 2. The summed E-state index contributed by atoms with van der Waals surface area (Å²) >= 11 is 0. The van der Waals surface area contributed by atoms with Crippen molar-refractivity contribution in [2.45, 2.75) is 25.2 Å². The largest absolute Gasteiger partial charge is 0.467 e. The molecule has 0 saturated heterocycles. The van der Waals surface area contributed by atoms with Crippen molar-refractivity contribution in [3.05, 3.63) is 119 Å². The molecule has 7 nitrogen and oxygen atoms in total. The number of hydrogen-bond donors (Lipinski definition) is 2. The number of urea groups is 1. The molecule has 0 aliphatic carbocycles. The summed E-state index contributed by atoms with van der Waals surface area (Å²) in [7, 11) is 1.31. The van der Waals surface area contributed by atoms with Gasteiger partial charge in [-0.25, -0.2) is 9.59 Å². The monoisotopic (exact) mass is 573 g/mol. The number of nitrogens with zero attached hydrogens (tertiary/aromatic N) is 1. The Morgan fingerprint density at radius 2 is 1.55 bits per heavy atom. The summed E-state index contributed by atoms with van der Waals surface area (Å²) in [6.07, 6.45) is -4.19. The number of halogens is 3. The van der Waals surface area contributed by atoms with Crippen LogP contribution in [0.3, 0.4) is 0 Å². The minimum absolute atomic E-state index is 0.0129. The molecule has 4 aromatic rings. The van der Waals surface area contributed by atoms with Crippen LogP contribution < -0.4 is 10.6 Å². The molecule has 1 aliphatic heterocycles. The van der Waals surface area contributed by atoms with Crippen molar-refractivity contribution in [3.63, 3.8) is 0 Å². The van der Waals surface area contributed by atoms with Gasteiger partial charge in [-0.2, -0.15) is 13.2 Å². The number of fused-ring (bicyclic) bond motifs is 1. The number of esters is 1. The van der Waals surface area contributed by atoms with Gasteiger partial charge in [-0.05, 0) is 64.7 Å². The SMILES string of the molecule is COC(=O)C(Cc1ccccc1)N1Cc2cc(-c3ccc(NC(=O)Nc4cccc(C(F)(F)F)c4)cc3)ccc2C1=O. The highest BCUT2D eigenvalue weighted by molar-refractivity contribution is 6.01. The molecule has 5 rings (SSSR count). The summed E-state index contributed by atoms with van der Waals surface area (Å²) in [4.78, 5) is 39.8. The number of ether oxygens (including phenoxy) is 1. The molecule has 214 valence electrons. The van der Waals surface area contributed by atoms with Crippen molar-refractivity contribution in [3.8, 4) is 11.1 Å². The lowest BCUT2D eigenvalue weighted by molar-refractivity contribution is -0.146. The number of anilines is 2. The number of carbonyl (C=O) groups excluding carboxylic acids is 3. The van der Waals surface area contributed by atoms with Crippen LogP contribution in [-0.2, 0) is 28.7 Å². The molecule has 0 saturated carbocycles. The molecule has 0 fully saturated rings. The summed E-state index contributed by atoms with van der Waals surface area (Å²) in [6.45, 7) is 0.254. The molecule has 4 aromatic carbocycles. The fraction of sp³-hybridized carbons (Fsp3) is 0.156. The molecule has 0 bridgehead atoms. The maximum atomic E-state index is 13.3. The molecule has 0 spiro atoms. The van der Waals surface area contributed by atoms with E-state index in [9.17, 15) is 27.6 Å². The highest BCUT2D eigenvalue weighted by atomic mass is 19.4. The lowest BCUT2D eigenvalue weighted by Crippen LogP contribution is -2.43. The van der Waals surface area contributed by atoms with Gasteiger partial charge >= 0.3 is 18.2 Å². The van der Waals surface area contributed by atoms with Crippen molar-refractivity contribution >= 4 is 29.3 Å². The quantitative estimate of drug-likeness (QED) is 0.239. The molecule has 3 amide bonds. The lowest BCUT2D eigenvalue weighted by atomic mass is 10.0. The van der Waals surface area contributed by atoms with Gasteiger partial charge in [0.15, 0.2) is 0 Å². The highest BCUT2D eigenvalue weighted by Gasteiger charge is 2.37. The smallest absolute Gasteiger partial charge is 0.416 e. The third kappa shape index (κ3) is 6.27. The second-order valence-electron chi connectivity index (χ2n) is 9.77. The molecular formula is C32H26F3N3O4. The van der Waals surface area contributed by atoms with E-state index in [-0.39, 0.29) is 18.1 Å². The Morgan fingerprint density at radius 3 is 2.24 bits per heavy atom. The Labute approximate surface area is 239 Å². The molecule has 2 N–H and O–H groups in total. The van der Waals surface area contributed by atoms with E-state index < -0.39 is 29.8 Å². The Balaban J connectivity index is 1.27. The number of rotatable bonds is 7. The maximum absolute atomic E-state index is 13.3. The summed E-state index contributed by atoms with van der Waals surface area (Å²) in [5.41, 5.74) is 3.46. The van der Waals surface area contributed by atoms with Crippen molar-refractivity contribution in [2.75, 3.05) is 17.7 Å². The lowest BCUT2D eigenvalue weighted by Gasteiger charge is -2.25. The number of hydrogen-bond acceptors (Lipinski definition) is 4. The fourth-order valence-electron chi connectivity index (χ4n) is 4.88. The van der Waals surface area contributed by atoms with E-state index in [0.717, 1.165) is 34.4 Å². The van der Waals surface area contributed by atoms with Gasteiger partial charge in [0.1, 0.15) is 6.04 Å². The van der Waals surface area contributed by atoms with Gasteiger partial charge in [-0.15, -0.1) is 0 Å². The van der Waals surface area contributed by atoms with Crippen molar-refractivity contribution in [1.82, 2.24) is 4.90 Å². The molecule has 0 radical (unpaired) electrons. The van der Waals surface area contributed by atoms with Gasteiger partial charge in [0.2, 0.25) is 0 Å². The number of benzene rings is 4. The number of carbonyl (C=O) groups is 3. The molecule has 1 aliphatic rings. The molecule has 1 heterocycles. The van der Waals surface area contributed by atoms with Crippen LogP contribution in [-0.4, -0.2) is 36.0 Å². The van der Waals surface area contributed by atoms with Crippen LogP contribution in [0.1, 0.15) is 27.0 Å². The first-order chi connectivity index (χ1) is 20.1. The van der Waals surface area contributed by atoms with Crippen molar-refractivity contribution in [1.29, 1.82) is 0 Å². The number of alkyl halides is 3. The van der Waals surface area contributed by atoms with Gasteiger partial charge in [-0.3, -0.25) is 4.79 Å². The normalized spacial score (nSPS) is 13.3. The molecule has 0 aromatic heterocycles. The van der Waals surface area contributed by atoms with E-state index in [1.165, 1.54) is 24.1 Å². The van der Waals surface area contributed by atoms with E-state index in [2.05, 4.69) is 10.6 Å². The molecule has 42 heavy (non-hydrogen) atoms. The Kier molecular flexibility index (Phi) is 7.97. The number of amides is 3. The summed E-state index contributed by atoms with van der Waals surface area (Å²) in [5.74, 6) is -0.727. The zero-order valence-electron chi connectivity index (χ0n) is 22.4. The van der Waals surface area contributed by atoms with Gasteiger partial charge in [0, 0.05) is 29.9 Å². The summed E-state index contributed by atoms with van der Waals surface area (Å²) in [6, 6.07) is 24.7. The molecule has 10 heteroatoms. The average Bonchev–Trinajstić information content (AvgIpc) is 3.31. The molecule has 1 atom stereocenters. The van der Waals surface area contributed by atoms with Crippen LogP contribution in [0.2, 0.25) is 0 Å². The minimum atomic E-state index is -4.52. The van der Waals surface area contributed by atoms with Crippen LogP contribution in [0.25, 0.3) is 11.1 Å². The standard InChI is InChI=1S/C32H26F3N3O4/c1-42-30(40)28(16-20-6-3-2-4-7-20)38-19-23-17-22(12-15-27(23)29(38)39)21-10-13-25(14-11-21)36-31(41)37-26-9-5-8-24(18-26)32(33,34)35/h2-15,17-18,28H,16,19H2,1H3,(H2,36,37,41). The van der Waals surface area contributed by atoms with E-state index in [1.54, 1.807) is 30.3 Å². The summed E-state index contributed by atoms with van der Waals surface area (Å²) < 4.78 is 43.8. The van der Waals surface area contributed by atoms with Crippen LogP contribution in [0.15, 0.2) is 97.1 Å². The first kappa shape index (κ1) is 28.4. The predicted molar refractivity (Wildman–Crippen MR) is 152 cm³/mol. The van der Waals surface area contributed by atoms with Crippen LogP contribution >= 0.6 is 0 Å². The van der Waals surface area contributed by atoms with E-state index in [4.69, 9.17) is 4.74 Å². The minimum Gasteiger partial charge on any atom is -0.467 e. The zero-order chi connectivity index (χ0) is 29.9. The van der Waals surface area contributed by atoms with Gasteiger partial charge < -0.3 is 20.3 Å².